The van der Waals surface area contributed by atoms with E-state index in [4.69, 9.17) is 0 Å². The molecule has 6 heteroatoms. The minimum atomic E-state index is -2.51. The van der Waals surface area contributed by atoms with Crippen molar-refractivity contribution in [1.29, 1.82) is 0 Å². The van der Waals surface area contributed by atoms with Crippen LogP contribution in [0, 0.1) is 0 Å². The minimum absolute atomic E-state index is 0.192. The van der Waals surface area contributed by atoms with E-state index in [1.807, 2.05) is 24.3 Å². The molecule has 0 unspecified atom stereocenters. The summed E-state index contributed by atoms with van der Waals surface area (Å²) in [4.78, 5) is 12.4. The van der Waals surface area contributed by atoms with Gasteiger partial charge in [-0.3, -0.25) is 4.79 Å². The van der Waals surface area contributed by atoms with E-state index in [0.29, 0.717) is 35.2 Å². The molecule has 0 fully saturated rings. The summed E-state index contributed by atoms with van der Waals surface area (Å²) >= 11 is 3.81. The van der Waals surface area contributed by atoms with Gasteiger partial charge >= 0.3 is 0 Å². The summed E-state index contributed by atoms with van der Waals surface area (Å²) in [7, 11) is 0. The van der Waals surface area contributed by atoms with Gasteiger partial charge in [-0.25, -0.2) is 0 Å². The van der Waals surface area contributed by atoms with Crippen molar-refractivity contribution in [2.24, 2.45) is 0 Å². The summed E-state index contributed by atoms with van der Waals surface area (Å²) in [5.74, 6) is -2.71. The van der Waals surface area contributed by atoms with Gasteiger partial charge in [0.15, 0.2) is 0 Å². The molecule has 0 saturated carbocycles. The minimum Gasteiger partial charge on any atom is -0.325 e. The first-order valence-electron chi connectivity index (χ1n) is 6.63. The monoisotopic (exact) mass is 385 g/mol. The van der Waals surface area contributed by atoms with E-state index in [1.54, 1.807) is 24.3 Å². The highest BCUT2D eigenvalue weighted by Crippen LogP contribution is 2.31. The van der Waals surface area contributed by atoms with Crippen molar-refractivity contribution in [3.8, 4) is 0 Å². The molecule has 2 aromatic rings. The van der Waals surface area contributed by atoms with Crippen molar-refractivity contribution >= 4 is 39.3 Å². The van der Waals surface area contributed by atoms with Gasteiger partial charge in [0.2, 0.25) is 5.91 Å². The summed E-state index contributed by atoms with van der Waals surface area (Å²) in [5.41, 5.74) is 1.46. The number of hydrogen-bond donors (Lipinski definition) is 1. The number of thioether (sulfide) groups is 1. The first-order valence-corrected chi connectivity index (χ1v) is 8.30. The van der Waals surface area contributed by atoms with Crippen LogP contribution in [0.4, 0.5) is 14.5 Å². The van der Waals surface area contributed by atoms with Gasteiger partial charge in [0.25, 0.3) is 5.76 Å². The number of carbonyl (C=O) groups excluding carboxylic acids is 1. The van der Waals surface area contributed by atoms with Crippen LogP contribution in [-0.2, 0) is 11.2 Å². The normalized spacial score (nSPS) is 10.7. The Morgan fingerprint density at radius 1 is 1.18 bits per heavy atom. The Labute approximate surface area is 140 Å². The largest absolute Gasteiger partial charge is 0.325 e. The highest BCUT2D eigenvalue weighted by atomic mass is 79.9. The molecular weight excluding hydrogens is 372 g/mol. The average molecular weight is 386 g/mol. The third-order valence-electron chi connectivity index (χ3n) is 2.91. The zero-order valence-corrected chi connectivity index (χ0v) is 14.0. The molecule has 0 aromatic heterocycles. The molecule has 0 heterocycles. The summed E-state index contributed by atoms with van der Waals surface area (Å²) in [6.45, 7) is 0. The van der Waals surface area contributed by atoms with Crippen molar-refractivity contribution in [3.63, 3.8) is 0 Å². The van der Waals surface area contributed by atoms with Crippen LogP contribution in [0.5, 0.6) is 0 Å². The van der Waals surface area contributed by atoms with Crippen LogP contribution in [0.1, 0.15) is 12.0 Å². The van der Waals surface area contributed by atoms with E-state index in [-0.39, 0.29) is 5.91 Å². The lowest BCUT2D eigenvalue weighted by molar-refractivity contribution is -0.116. The van der Waals surface area contributed by atoms with Crippen molar-refractivity contribution in [1.82, 2.24) is 0 Å². The molecule has 0 aliphatic rings. The Balaban J connectivity index is 1.95. The van der Waals surface area contributed by atoms with E-state index >= 15 is 0 Å². The Kier molecular flexibility index (Phi) is 6.39. The van der Waals surface area contributed by atoms with Crippen LogP contribution < -0.4 is 5.32 Å². The van der Waals surface area contributed by atoms with E-state index in [2.05, 4.69) is 21.2 Å². The van der Waals surface area contributed by atoms with Crippen molar-refractivity contribution in [2.45, 2.75) is 23.5 Å². The first-order chi connectivity index (χ1) is 10.5. The number of carbonyl (C=O) groups is 1. The van der Waals surface area contributed by atoms with Crippen molar-refractivity contribution in [2.75, 3.05) is 5.32 Å². The van der Waals surface area contributed by atoms with Crippen LogP contribution in [0.2, 0.25) is 0 Å². The highest BCUT2D eigenvalue weighted by Gasteiger charge is 2.11. The van der Waals surface area contributed by atoms with Gasteiger partial charge in [-0.1, -0.05) is 52.0 Å². The molecular formula is C16H14BrF2NOS. The molecule has 116 valence electrons. The molecule has 0 saturated heterocycles. The molecule has 1 N–H and O–H groups in total. The zero-order valence-electron chi connectivity index (χ0n) is 11.6. The van der Waals surface area contributed by atoms with E-state index < -0.39 is 5.76 Å². The van der Waals surface area contributed by atoms with Crippen LogP contribution in [0.15, 0.2) is 57.9 Å². The summed E-state index contributed by atoms with van der Waals surface area (Å²) < 4.78 is 25.9. The molecule has 2 aromatic carbocycles. The second-order valence-electron chi connectivity index (χ2n) is 4.55. The Hall–Kier alpha value is -1.40. The topological polar surface area (TPSA) is 29.1 Å². The van der Waals surface area contributed by atoms with Gasteiger partial charge in [-0.2, -0.15) is 8.78 Å². The molecule has 2 nitrogen and oxygen atoms in total. The number of alkyl halides is 2. The third-order valence-corrected chi connectivity index (χ3v) is 4.19. The quantitative estimate of drug-likeness (QED) is 0.680. The number of para-hydroxylation sites is 1. The van der Waals surface area contributed by atoms with Crippen LogP contribution in [-0.4, -0.2) is 11.7 Å². The van der Waals surface area contributed by atoms with E-state index in [9.17, 15) is 13.6 Å². The molecule has 0 bridgehead atoms. The Morgan fingerprint density at radius 2 is 1.95 bits per heavy atom. The fourth-order valence-electron chi connectivity index (χ4n) is 1.93. The van der Waals surface area contributed by atoms with E-state index in [1.165, 1.54) is 0 Å². The lowest BCUT2D eigenvalue weighted by Gasteiger charge is -2.10. The molecule has 0 atom stereocenters. The smallest absolute Gasteiger partial charge is 0.288 e. The van der Waals surface area contributed by atoms with Gasteiger partial charge in [0.1, 0.15) is 0 Å². The zero-order chi connectivity index (χ0) is 15.9. The number of benzene rings is 2. The number of nitrogens with one attached hydrogen (secondary N) is 1. The van der Waals surface area contributed by atoms with Crippen LogP contribution in [0.3, 0.4) is 0 Å². The van der Waals surface area contributed by atoms with Gasteiger partial charge in [-0.15, -0.1) is 0 Å². The number of hydrogen-bond acceptors (Lipinski definition) is 2. The number of amides is 1. The van der Waals surface area contributed by atoms with Gasteiger partial charge < -0.3 is 5.32 Å². The maximum atomic E-state index is 12.5. The standard InChI is InChI=1S/C16H14BrF2NOS/c17-12-5-3-4-11(10-12)8-9-15(21)20-13-6-1-2-7-14(13)22-16(18)19/h1-7,10,16H,8-9H2,(H,20,21). The summed E-state index contributed by atoms with van der Waals surface area (Å²) in [6.07, 6.45) is 0.888. The summed E-state index contributed by atoms with van der Waals surface area (Å²) in [5, 5.41) is 2.70. The lowest BCUT2D eigenvalue weighted by Crippen LogP contribution is -2.13. The Bertz CT molecular complexity index is 652. The van der Waals surface area contributed by atoms with Crippen molar-refractivity contribution < 1.29 is 13.6 Å². The van der Waals surface area contributed by atoms with E-state index in [0.717, 1.165) is 10.0 Å². The fraction of sp³-hybridized carbons (Fsp3) is 0.188. The van der Waals surface area contributed by atoms with Crippen LogP contribution in [0.25, 0.3) is 0 Å². The molecule has 0 aliphatic heterocycles. The fourth-order valence-corrected chi connectivity index (χ4v) is 2.97. The predicted octanol–water partition coefficient (Wildman–Crippen LogP) is 5.34. The van der Waals surface area contributed by atoms with Gasteiger partial charge in [0.05, 0.1) is 5.69 Å². The van der Waals surface area contributed by atoms with Crippen molar-refractivity contribution in [3.05, 3.63) is 58.6 Å². The lowest BCUT2D eigenvalue weighted by atomic mass is 10.1. The third kappa shape index (κ3) is 5.42. The number of halogens is 3. The molecule has 0 aliphatic carbocycles. The molecule has 1 amide bonds. The summed E-state index contributed by atoms with van der Waals surface area (Å²) in [6, 6.07) is 14.3. The highest BCUT2D eigenvalue weighted by molar-refractivity contribution is 9.10. The van der Waals surface area contributed by atoms with Crippen LogP contribution >= 0.6 is 27.7 Å². The number of anilines is 1. The maximum absolute atomic E-state index is 12.5. The predicted molar refractivity (Wildman–Crippen MR) is 89.4 cm³/mol. The number of rotatable bonds is 6. The molecule has 0 radical (unpaired) electrons. The second kappa shape index (κ2) is 8.29. The molecule has 22 heavy (non-hydrogen) atoms. The van der Waals surface area contributed by atoms with Gasteiger partial charge in [-0.05, 0) is 36.2 Å². The first kappa shape index (κ1) is 17.0. The average Bonchev–Trinajstić information content (AvgIpc) is 2.47. The number of aryl methyl sites for hydroxylation is 1. The Morgan fingerprint density at radius 3 is 2.68 bits per heavy atom. The SMILES string of the molecule is O=C(CCc1cccc(Br)c1)Nc1ccccc1SC(F)F. The molecule has 2 rings (SSSR count). The maximum Gasteiger partial charge on any atom is 0.288 e. The van der Waals surface area contributed by atoms with Gasteiger partial charge in [0, 0.05) is 15.8 Å². The molecule has 0 spiro atoms. The second-order valence-corrected chi connectivity index (χ2v) is 6.50.